The third kappa shape index (κ3) is 7.63. The molecule has 3 rings (SSSR count). The van der Waals surface area contributed by atoms with Gasteiger partial charge in [-0.2, -0.15) is 0 Å². The van der Waals surface area contributed by atoms with Gasteiger partial charge in [-0.05, 0) is 13.3 Å². The number of carbonyl (C=O) groups is 2. The molecule has 0 saturated carbocycles. The van der Waals surface area contributed by atoms with Gasteiger partial charge in [-0.25, -0.2) is 14.8 Å². The van der Waals surface area contributed by atoms with Gasteiger partial charge < -0.3 is 19.8 Å². The molecule has 0 aliphatic heterocycles. The maximum Gasteiger partial charge on any atom is 0.331 e. The van der Waals surface area contributed by atoms with E-state index in [0.717, 1.165) is 0 Å². The first-order valence-corrected chi connectivity index (χ1v) is 7.27. The number of nitrogens with one attached hydrogen (secondary N) is 1. The zero-order chi connectivity index (χ0) is 18.7. The number of carboxylic acids is 2. The monoisotopic (exact) mass is 380 g/mol. The van der Waals surface area contributed by atoms with Crippen molar-refractivity contribution in [3.63, 3.8) is 0 Å². The molecule has 9 heteroatoms. The van der Waals surface area contributed by atoms with Crippen molar-refractivity contribution in [2.24, 2.45) is 5.41 Å². The van der Waals surface area contributed by atoms with Gasteiger partial charge in [0, 0.05) is 36.6 Å². The number of aromatic nitrogens is 4. The van der Waals surface area contributed by atoms with Gasteiger partial charge >= 0.3 is 11.9 Å². The number of allylic oxidation sites excluding steroid dienone is 2. The molecule has 2 aromatic heterocycles. The molecule has 0 amide bonds. The lowest BCUT2D eigenvalue weighted by molar-refractivity contribution is -0.145. The van der Waals surface area contributed by atoms with Gasteiger partial charge in [-0.15, -0.1) is 12.4 Å². The summed E-state index contributed by atoms with van der Waals surface area (Å²) in [4.78, 5) is 31.5. The quantitative estimate of drug-likeness (QED) is 0.752. The zero-order valence-electron chi connectivity index (χ0n) is 14.1. The molecule has 1 aliphatic rings. The van der Waals surface area contributed by atoms with Crippen LogP contribution in [-0.4, -0.2) is 41.7 Å². The first-order chi connectivity index (χ1) is 11.9. The van der Waals surface area contributed by atoms with Crippen molar-refractivity contribution < 1.29 is 19.8 Å². The van der Waals surface area contributed by atoms with Gasteiger partial charge in [-0.3, -0.25) is 4.79 Å². The maximum absolute atomic E-state index is 10.8. The Morgan fingerprint density at radius 3 is 2.42 bits per heavy atom. The van der Waals surface area contributed by atoms with Gasteiger partial charge in [0.1, 0.15) is 0 Å². The Kier molecular flexibility index (Phi) is 10.1. The van der Waals surface area contributed by atoms with Crippen LogP contribution in [0.25, 0.3) is 6.20 Å². The van der Waals surface area contributed by atoms with Crippen LogP contribution in [0.1, 0.15) is 13.3 Å². The van der Waals surface area contributed by atoms with E-state index in [2.05, 4.69) is 21.5 Å². The molecule has 0 spiro atoms. The van der Waals surface area contributed by atoms with Crippen molar-refractivity contribution >= 4 is 30.5 Å². The van der Waals surface area contributed by atoms with E-state index >= 15 is 0 Å². The van der Waals surface area contributed by atoms with Crippen LogP contribution in [0, 0.1) is 5.41 Å². The second-order valence-corrected chi connectivity index (χ2v) is 5.21. The lowest BCUT2D eigenvalue weighted by Gasteiger charge is -2.23. The number of aliphatic carboxylic acids is 2. The van der Waals surface area contributed by atoms with Crippen LogP contribution in [0.4, 0.5) is 0 Å². The molecule has 8 nitrogen and oxygen atoms in total. The fourth-order valence-corrected chi connectivity index (χ4v) is 1.78. The van der Waals surface area contributed by atoms with E-state index < -0.39 is 17.4 Å². The van der Waals surface area contributed by atoms with Crippen LogP contribution < -0.4 is 0 Å². The van der Waals surface area contributed by atoms with Crippen LogP contribution >= 0.6 is 12.4 Å². The van der Waals surface area contributed by atoms with Crippen molar-refractivity contribution in [1.82, 2.24) is 19.5 Å². The molecule has 1 atom stereocenters. The van der Waals surface area contributed by atoms with E-state index in [0.29, 0.717) is 0 Å². The fraction of sp³-hybridized carbons (Fsp3) is 0.176. The first kappa shape index (κ1) is 22.9. The zero-order valence-corrected chi connectivity index (χ0v) is 15.0. The van der Waals surface area contributed by atoms with Crippen LogP contribution in [0.15, 0.2) is 67.8 Å². The molecule has 2 heterocycles. The van der Waals surface area contributed by atoms with Crippen molar-refractivity contribution in [2.75, 3.05) is 0 Å². The SMILES string of the molecule is C=Cn1ccnc1.CC1(C(=O)O)C=CC=C(C(=O)O)C1.Cl.c1c[nH]cn1. The van der Waals surface area contributed by atoms with Crippen LogP contribution in [-0.2, 0) is 9.59 Å². The predicted molar refractivity (Wildman–Crippen MR) is 99.7 cm³/mol. The second kappa shape index (κ2) is 11.4. The minimum Gasteiger partial charge on any atom is -0.481 e. The van der Waals surface area contributed by atoms with E-state index in [1.54, 1.807) is 42.0 Å². The van der Waals surface area contributed by atoms with Crippen molar-refractivity contribution in [3.05, 3.63) is 67.8 Å². The first-order valence-electron chi connectivity index (χ1n) is 7.27. The summed E-state index contributed by atoms with van der Waals surface area (Å²) in [5.41, 5.74) is -0.949. The Bertz CT molecular complexity index is 722. The molecule has 140 valence electrons. The molecule has 0 bridgehead atoms. The highest BCUT2D eigenvalue weighted by molar-refractivity contribution is 5.90. The van der Waals surface area contributed by atoms with Crippen LogP contribution in [0.5, 0.6) is 0 Å². The summed E-state index contributed by atoms with van der Waals surface area (Å²) >= 11 is 0. The molecule has 1 unspecified atom stereocenters. The molecule has 26 heavy (non-hydrogen) atoms. The molecule has 1 aliphatic carbocycles. The van der Waals surface area contributed by atoms with E-state index in [4.69, 9.17) is 10.2 Å². The molecule has 0 fully saturated rings. The largest absolute Gasteiger partial charge is 0.481 e. The summed E-state index contributed by atoms with van der Waals surface area (Å²) in [5, 5.41) is 17.5. The minimum atomic E-state index is -1.08. The molecule has 2 aromatic rings. The van der Waals surface area contributed by atoms with Gasteiger partial charge in [-0.1, -0.05) is 24.8 Å². The lowest BCUT2D eigenvalue weighted by Crippen LogP contribution is -2.28. The standard InChI is InChI=1S/C9H10O4.C5H6N2.C3H4N2.ClH/c1-9(8(12)13)4-2-3-6(5-9)7(10)11;1-2-7-4-3-6-5-7;1-2-5-3-4-1;/h2-4H,5H2,1H3,(H,10,11)(H,12,13);2-5H,1H2;1-3H,(H,4,5);1H. The summed E-state index contributed by atoms with van der Waals surface area (Å²) in [6, 6.07) is 0. The second-order valence-electron chi connectivity index (χ2n) is 5.21. The number of imidazole rings is 2. The molecule has 3 N–H and O–H groups in total. The van der Waals surface area contributed by atoms with Gasteiger partial charge in [0.25, 0.3) is 0 Å². The number of carboxylic acid groups (broad SMARTS) is 2. The summed E-state index contributed by atoms with van der Waals surface area (Å²) in [5.74, 6) is -2.06. The Hall–Kier alpha value is -3.13. The van der Waals surface area contributed by atoms with Gasteiger partial charge in [0.15, 0.2) is 0 Å². The van der Waals surface area contributed by atoms with Crippen LogP contribution in [0.3, 0.4) is 0 Å². The van der Waals surface area contributed by atoms with Crippen molar-refractivity contribution in [3.8, 4) is 0 Å². The maximum atomic E-state index is 10.8. The normalized spacial score (nSPS) is 17.2. The lowest BCUT2D eigenvalue weighted by atomic mass is 9.80. The van der Waals surface area contributed by atoms with Gasteiger partial charge in [0.05, 0.1) is 18.1 Å². The highest BCUT2D eigenvalue weighted by Gasteiger charge is 2.34. The Labute approximate surface area is 157 Å². The number of hydrogen-bond acceptors (Lipinski definition) is 4. The number of H-pyrrole nitrogens is 1. The summed E-state index contributed by atoms with van der Waals surface area (Å²) in [6.07, 6.45) is 16.4. The summed E-state index contributed by atoms with van der Waals surface area (Å²) < 4.78 is 1.78. The molecular formula is C17H21ClN4O4. The smallest absolute Gasteiger partial charge is 0.331 e. The van der Waals surface area contributed by atoms with E-state index in [1.165, 1.54) is 25.2 Å². The molecule has 0 radical (unpaired) electrons. The van der Waals surface area contributed by atoms with E-state index in [9.17, 15) is 9.59 Å². The number of halogens is 1. The van der Waals surface area contributed by atoms with Crippen molar-refractivity contribution in [2.45, 2.75) is 13.3 Å². The fourth-order valence-electron chi connectivity index (χ4n) is 1.78. The van der Waals surface area contributed by atoms with Gasteiger partial charge in [0.2, 0.25) is 0 Å². The third-order valence-corrected chi connectivity index (χ3v) is 3.22. The number of hydrogen-bond donors (Lipinski definition) is 3. The molecule has 0 saturated heterocycles. The molecule has 0 aromatic carbocycles. The van der Waals surface area contributed by atoms with E-state index in [1.807, 2.05) is 6.20 Å². The predicted octanol–water partition coefficient (Wildman–Crippen LogP) is 2.86. The minimum absolute atomic E-state index is 0. The van der Waals surface area contributed by atoms with Crippen molar-refractivity contribution in [1.29, 1.82) is 0 Å². The topological polar surface area (TPSA) is 121 Å². The highest BCUT2D eigenvalue weighted by atomic mass is 35.5. The number of rotatable bonds is 3. The van der Waals surface area contributed by atoms with Crippen LogP contribution in [0.2, 0.25) is 0 Å². The summed E-state index contributed by atoms with van der Waals surface area (Å²) in [6.45, 7) is 5.03. The number of aromatic amines is 1. The van der Waals surface area contributed by atoms with E-state index in [-0.39, 0.29) is 24.4 Å². The Balaban J connectivity index is 0.000000402. The Morgan fingerprint density at radius 2 is 2.08 bits per heavy atom. The molecular weight excluding hydrogens is 360 g/mol. The average molecular weight is 381 g/mol. The average Bonchev–Trinajstić information content (AvgIpc) is 3.31. The highest BCUT2D eigenvalue weighted by Crippen LogP contribution is 2.31. The third-order valence-electron chi connectivity index (χ3n) is 3.22. The number of nitrogens with zero attached hydrogens (tertiary/aromatic N) is 3. The Morgan fingerprint density at radius 1 is 1.35 bits per heavy atom. The summed E-state index contributed by atoms with van der Waals surface area (Å²) in [7, 11) is 0.